The smallest absolute Gasteiger partial charge is 0.312 e. The van der Waals surface area contributed by atoms with E-state index < -0.39 is 11.0 Å². The average Bonchev–Trinajstić information content (AvgIpc) is 2.37. The minimum atomic E-state index is -0.865. The van der Waals surface area contributed by atoms with Gasteiger partial charge in [0.25, 0.3) is 0 Å². The molecule has 0 aliphatic heterocycles. The number of aliphatic hydroxyl groups excluding tert-OH is 1. The molecule has 112 valence electrons. The third-order valence-electron chi connectivity index (χ3n) is 2.76. The van der Waals surface area contributed by atoms with Crippen LogP contribution in [0.3, 0.4) is 0 Å². The first-order valence-corrected chi connectivity index (χ1v) is 6.97. The summed E-state index contributed by atoms with van der Waals surface area (Å²) in [5, 5.41) is 20.9. The van der Waals surface area contributed by atoms with Gasteiger partial charge in [0.2, 0.25) is 5.75 Å². The summed E-state index contributed by atoms with van der Waals surface area (Å²) in [5.74, 6) is 0.108. The molecule has 0 aromatic heterocycles. The molecule has 0 saturated carbocycles. The summed E-state index contributed by atoms with van der Waals surface area (Å²) in [5.41, 5.74) is 0.217. The Morgan fingerprint density at radius 2 is 2.10 bits per heavy atom. The highest BCUT2D eigenvalue weighted by Crippen LogP contribution is 2.38. The highest BCUT2D eigenvalue weighted by atomic mass is 79.9. The van der Waals surface area contributed by atoms with Gasteiger partial charge < -0.3 is 14.6 Å². The monoisotopic (exact) mass is 347 g/mol. The Morgan fingerprint density at radius 1 is 1.45 bits per heavy atom. The molecule has 1 rings (SSSR count). The molecule has 1 aromatic carbocycles. The van der Waals surface area contributed by atoms with E-state index in [2.05, 4.69) is 15.9 Å². The van der Waals surface area contributed by atoms with E-state index in [1.807, 2.05) is 0 Å². The van der Waals surface area contributed by atoms with Crippen LogP contribution in [0.2, 0.25) is 0 Å². The van der Waals surface area contributed by atoms with Crippen LogP contribution in [-0.4, -0.2) is 29.9 Å². The van der Waals surface area contributed by atoms with E-state index in [0.29, 0.717) is 23.1 Å². The fraction of sp³-hybridized carbons (Fsp3) is 0.538. The minimum absolute atomic E-state index is 0.108. The van der Waals surface area contributed by atoms with Crippen LogP contribution < -0.4 is 4.74 Å². The lowest BCUT2D eigenvalue weighted by Gasteiger charge is -2.18. The average molecular weight is 348 g/mol. The van der Waals surface area contributed by atoms with Gasteiger partial charge in [0.1, 0.15) is 0 Å². The summed E-state index contributed by atoms with van der Waals surface area (Å²) in [6.45, 7) is 3.84. The van der Waals surface area contributed by atoms with Crippen molar-refractivity contribution in [3.63, 3.8) is 0 Å². The molecule has 0 aliphatic rings. The third kappa shape index (κ3) is 4.43. The summed E-state index contributed by atoms with van der Waals surface area (Å²) < 4.78 is 11.1. The van der Waals surface area contributed by atoms with Crippen LogP contribution in [-0.2, 0) is 4.74 Å². The van der Waals surface area contributed by atoms with Gasteiger partial charge in [0, 0.05) is 36.2 Å². The fourth-order valence-corrected chi connectivity index (χ4v) is 2.18. The molecular weight excluding hydrogens is 330 g/mol. The number of methoxy groups -OCH3 is 1. The highest BCUT2D eigenvalue weighted by molar-refractivity contribution is 9.10. The number of nitro groups is 1. The van der Waals surface area contributed by atoms with E-state index in [1.165, 1.54) is 13.0 Å². The Bertz CT molecular complexity index is 478. The molecule has 6 nitrogen and oxygen atoms in total. The van der Waals surface area contributed by atoms with Gasteiger partial charge in [-0.05, 0) is 19.9 Å². The van der Waals surface area contributed by atoms with Crippen LogP contribution in [0.5, 0.6) is 5.75 Å². The third-order valence-corrected chi connectivity index (χ3v) is 3.21. The molecule has 1 N–H and O–H groups in total. The first kappa shape index (κ1) is 16.9. The lowest BCUT2D eigenvalue weighted by Crippen LogP contribution is -2.16. The molecule has 0 amide bonds. The molecule has 1 aromatic rings. The lowest BCUT2D eigenvalue weighted by molar-refractivity contribution is -0.386. The normalized spacial score (nSPS) is 13.8. The maximum Gasteiger partial charge on any atom is 0.312 e. The van der Waals surface area contributed by atoms with Crippen molar-refractivity contribution in [2.45, 2.75) is 32.5 Å². The quantitative estimate of drug-likeness (QED) is 0.604. The van der Waals surface area contributed by atoms with E-state index in [9.17, 15) is 15.2 Å². The molecule has 0 bridgehead atoms. The number of halogens is 1. The van der Waals surface area contributed by atoms with Gasteiger partial charge in [0.05, 0.1) is 17.1 Å². The number of aliphatic hydroxyl groups is 1. The van der Waals surface area contributed by atoms with E-state index in [1.54, 1.807) is 20.1 Å². The highest BCUT2D eigenvalue weighted by Gasteiger charge is 2.24. The fourth-order valence-electron chi connectivity index (χ4n) is 1.72. The summed E-state index contributed by atoms with van der Waals surface area (Å²) in [7, 11) is 1.58. The van der Waals surface area contributed by atoms with Crippen molar-refractivity contribution in [2.24, 2.45) is 0 Å². The second-order valence-corrected chi connectivity index (χ2v) is 5.40. The summed E-state index contributed by atoms with van der Waals surface area (Å²) >= 11 is 3.20. The van der Waals surface area contributed by atoms with E-state index in [4.69, 9.17) is 9.47 Å². The Balaban J connectivity index is 3.16. The number of hydrogen-bond donors (Lipinski definition) is 1. The minimum Gasteiger partial charge on any atom is -0.483 e. The van der Waals surface area contributed by atoms with Crippen molar-refractivity contribution < 1.29 is 19.5 Å². The standard InChI is InChI=1S/C13H18BrNO5/c1-8(4-5-19-3)20-13-11(9(2)16)6-10(14)7-12(13)15(17)18/h6-9,16H,4-5H2,1-3H3/t8?,9-/m0/s1. The molecule has 0 fully saturated rings. The van der Waals surface area contributed by atoms with Crippen molar-refractivity contribution in [1.82, 2.24) is 0 Å². The Hall–Kier alpha value is -1.18. The lowest BCUT2D eigenvalue weighted by atomic mass is 10.1. The number of benzene rings is 1. The second-order valence-electron chi connectivity index (χ2n) is 4.49. The zero-order valence-electron chi connectivity index (χ0n) is 11.6. The molecular formula is C13H18BrNO5. The Morgan fingerprint density at radius 3 is 2.60 bits per heavy atom. The molecule has 0 saturated heterocycles. The predicted octanol–water partition coefficient (Wildman–Crippen LogP) is 3.21. The van der Waals surface area contributed by atoms with Gasteiger partial charge in [0.15, 0.2) is 0 Å². The van der Waals surface area contributed by atoms with Gasteiger partial charge in [-0.25, -0.2) is 0 Å². The summed E-state index contributed by atoms with van der Waals surface area (Å²) in [6, 6.07) is 2.99. The maximum absolute atomic E-state index is 11.1. The molecule has 0 radical (unpaired) electrons. The van der Waals surface area contributed by atoms with Crippen LogP contribution in [0.25, 0.3) is 0 Å². The Kier molecular flexibility index (Phi) is 6.38. The molecule has 7 heteroatoms. The maximum atomic E-state index is 11.1. The van der Waals surface area contributed by atoms with Crippen molar-refractivity contribution in [1.29, 1.82) is 0 Å². The molecule has 0 aliphatic carbocycles. The van der Waals surface area contributed by atoms with Gasteiger partial charge in [-0.15, -0.1) is 0 Å². The molecule has 0 spiro atoms. The summed E-state index contributed by atoms with van der Waals surface area (Å²) in [4.78, 5) is 10.6. The second kappa shape index (κ2) is 7.56. The Labute approximate surface area is 126 Å². The molecule has 0 heterocycles. The van der Waals surface area contributed by atoms with E-state index in [0.717, 1.165) is 0 Å². The van der Waals surface area contributed by atoms with Crippen molar-refractivity contribution in [3.05, 3.63) is 32.3 Å². The van der Waals surface area contributed by atoms with Crippen molar-refractivity contribution in [2.75, 3.05) is 13.7 Å². The van der Waals surface area contributed by atoms with E-state index >= 15 is 0 Å². The van der Waals surface area contributed by atoms with Crippen LogP contribution in [0, 0.1) is 10.1 Å². The first-order valence-electron chi connectivity index (χ1n) is 6.18. The number of hydrogen-bond acceptors (Lipinski definition) is 5. The zero-order chi connectivity index (χ0) is 15.3. The topological polar surface area (TPSA) is 81.8 Å². The first-order chi connectivity index (χ1) is 9.36. The zero-order valence-corrected chi connectivity index (χ0v) is 13.2. The predicted molar refractivity (Wildman–Crippen MR) is 78.0 cm³/mol. The summed E-state index contributed by atoms with van der Waals surface area (Å²) in [6.07, 6.45) is -0.522. The number of nitro benzene ring substituents is 1. The number of rotatable bonds is 7. The van der Waals surface area contributed by atoms with Gasteiger partial charge in [-0.1, -0.05) is 15.9 Å². The van der Waals surface area contributed by atoms with Crippen LogP contribution >= 0.6 is 15.9 Å². The van der Waals surface area contributed by atoms with Crippen molar-refractivity contribution in [3.8, 4) is 5.75 Å². The number of nitrogens with zero attached hydrogens (tertiary/aromatic N) is 1. The van der Waals surface area contributed by atoms with Gasteiger partial charge in [-0.3, -0.25) is 10.1 Å². The van der Waals surface area contributed by atoms with Gasteiger partial charge in [-0.2, -0.15) is 0 Å². The van der Waals surface area contributed by atoms with Crippen LogP contribution in [0.15, 0.2) is 16.6 Å². The van der Waals surface area contributed by atoms with Crippen LogP contribution in [0.1, 0.15) is 31.9 Å². The largest absolute Gasteiger partial charge is 0.483 e. The number of ether oxygens (including phenoxy) is 2. The van der Waals surface area contributed by atoms with E-state index in [-0.39, 0.29) is 17.5 Å². The molecule has 20 heavy (non-hydrogen) atoms. The van der Waals surface area contributed by atoms with Crippen LogP contribution in [0.4, 0.5) is 5.69 Å². The van der Waals surface area contributed by atoms with Crippen molar-refractivity contribution >= 4 is 21.6 Å². The molecule has 2 atom stereocenters. The SMILES string of the molecule is COCCC(C)Oc1c([C@H](C)O)cc(Br)cc1[N+](=O)[O-]. The van der Waals surface area contributed by atoms with Gasteiger partial charge >= 0.3 is 5.69 Å². The molecule has 1 unspecified atom stereocenters.